The number of rotatable bonds is 7. The van der Waals surface area contributed by atoms with E-state index in [1.165, 1.54) is 5.56 Å². The summed E-state index contributed by atoms with van der Waals surface area (Å²) in [5.41, 5.74) is 2.30. The highest BCUT2D eigenvalue weighted by Gasteiger charge is 2.02. The van der Waals surface area contributed by atoms with Gasteiger partial charge in [0.1, 0.15) is 0 Å². The summed E-state index contributed by atoms with van der Waals surface area (Å²) < 4.78 is 0. The van der Waals surface area contributed by atoms with E-state index in [0.29, 0.717) is 18.0 Å². The van der Waals surface area contributed by atoms with Gasteiger partial charge in [-0.25, -0.2) is 0 Å². The summed E-state index contributed by atoms with van der Waals surface area (Å²) in [6, 6.07) is 17.7. The van der Waals surface area contributed by atoms with E-state index in [2.05, 4.69) is 17.4 Å². The molecule has 2 aromatic carbocycles. The van der Waals surface area contributed by atoms with Crippen molar-refractivity contribution in [3.63, 3.8) is 0 Å². The molecule has 0 aliphatic carbocycles. The predicted molar refractivity (Wildman–Crippen MR) is 90.8 cm³/mol. The highest BCUT2D eigenvalue weighted by atomic mass is 35.5. The average Bonchev–Trinajstić information content (AvgIpc) is 2.50. The number of thioether (sulfide) groups is 1. The molecule has 0 atom stereocenters. The van der Waals surface area contributed by atoms with Gasteiger partial charge >= 0.3 is 0 Å². The van der Waals surface area contributed by atoms with Crippen molar-refractivity contribution in [2.24, 2.45) is 0 Å². The molecule has 110 valence electrons. The summed E-state index contributed by atoms with van der Waals surface area (Å²) in [4.78, 5) is 11.8. The van der Waals surface area contributed by atoms with Gasteiger partial charge in [0.2, 0.25) is 5.91 Å². The molecule has 0 fully saturated rings. The van der Waals surface area contributed by atoms with Crippen LogP contribution in [0.25, 0.3) is 0 Å². The number of amides is 1. The number of carbonyl (C=O) groups excluding carboxylic acids is 1. The van der Waals surface area contributed by atoms with Crippen LogP contribution in [-0.2, 0) is 17.0 Å². The van der Waals surface area contributed by atoms with Crippen molar-refractivity contribution in [1.29, 1.82) is 0 Å². The standard InChI is InChI=1S/C17H18ClNOS/c18-16-8-6-14(7-9-16)12-17(20)19-10-11-21-13-15-4-2-1-3-5-15/h1-9H,10-13H2,(H,19,20). The van der Waals surface area contributed by atoms with Gasteiger partial charge in [0.05, 0.1) is 6.42 Å². The summed E-state index contributed by atoms with van der Waals surface area (Å²) in [7, 11) is 0. The van der Waals surface area contributed by atoms with E-state index >= 15 is 0 Å². The second kappa shape index (κ2) is 8.75. The van der Waals surface area contributed by atoms with E-state index < -0.39 is 0 Å². The minimum atomic E-state index is 0.0534. The SMILES string of the molecule is O=C(Cc1ccc(Cl)cc1)NCCSCc1ccccc1. The minimum absolute atomic E-state index is 0.0534. The molecule has 0 unspecified atom stereocenters. The second-order valence-electron chi connectivity index (χ2n) is 4.69. The van der Waals surface area contributed by atoms with Crippen LogP contribution in [0, 0.1) is 0 Å². The first-order valence-electron chi connectivity index (χ1n) is 6.87. The first-order valence-corrected chi connectivity index (χ1v) is 8.40. The van der Waals surface area contributed by atoms with Gasteiger partial charge in [-0.15, -0.1) is 0 Å². The van der Waals surface area contributed by atoms with Gasteiger partial charge in [-0.3, -0.25) is 4.79 Å². The van der Waals surface area contributed by atoms with Crippen LogP contribution in [0.2, 0.25) is 5.02 Å². The van der Waals surface area contributed by atoms with Crippen LogP contribution in [0.4, 0.5) is 0 Å². The summed E-state index contributed by atoms with van der Waals surface area (Å²) in [6.07, 6.45) is 0.403. The molecule has 1 N–H and O–H groups in total. The highest BCUT2D eigenvalue weighted by Crippen LogP contribution is 2.11. The molecule has 1 amide bonds. The number of benzene rings is 2. The van der Waals surface area contributed by atoms with Crippen LogP contribution in [0.5, 0.6) is 0 Å². The van der Waals surface area contributed by atoms with Crippen LogP contribution in [0.3, 0.4) is 0 Å². The minimum Gasteiger partial charge on any atom is -0.355 e. The van der Waals surface area contributed by atoms with E-state index in [0.717, 1.165) is 17.1 Å². The molecule has 0 aliphatic heterocycles. The molecular weight excluding hydrogens is 302 g/mol. The fourth-order valence-corrected chi connectivity index (χ4v) is 2.82. The fourth-order valence-electron chi connectivity index (χ4n) is 1.88. The quantitative estimate of drug-likeness (QED) is 0.783. The van der Waals surface area contributed by atoms with Crippen molar-refractivity contribution < 1.29 is 4.79 Å². The molecule has 0 radical (unpaired) electrons. The number of halogens is 1. The number of carbonyl (C=O) groups is 1. The Morgan fingerprint density at radius 1 is 1.00 bits per heavy atom. The number of hydrogen-bond acceptors (Lipinski definition) is 2. The van der Waals surface area contributed by atoms with Crippen LogP contribution in [-0.4, -0.2) is 18.2 Å². The largest absolute Gasteiger partial charge is 0.355 e. The maximum Gasteiger partial charge on any atom is 0.224 e. The highest BCUT2D eigenvalue weighted by molar-refractivity contribution is 7.98. The van der Waals surface area contributed by atoms with E-state index in [1.54, 1.807) is 12.1 Å². The Morgan fingerprint density at radius 3 is 2.43 bits per heavy atom. The predicted octanol–water partition coefficient (Wildman–Crippen LogP) is 3.93. The molecule has 0 aliphatic rings. The Morgan fingerprint density at radius 2 is 1.71 bits per heavy atom. The Labute approximate surface area is 134 Å². The van der Waals surface area contributed by atoms with Gasteiger partial charge < -0.3 is 5.32 Å². The van der Waals surface area contributed by atoms with Crippen molar-refractivity contribution >= 4 is 29.3 Å². The Balaban J connectivity index is 1.60. The third-order valence-electron chi connectivity index (χ3n) is 2.96. The fraction of sp³-hybridized carbons (Fsp3) is 0.235. The third kappa shape index (κ3) is 6.23. The van der Waals surface area contributed by atoms with Crippen LogP contribution in [0.15, 0.2) is 54.6 Å². The topological polar surface area (TPSA) is 29.1 Å². The Hall–Kier alpha value is -1.45. The molecule has 21 heavy (non-hydrogen) atoms. The lowest BCUT2D eigenvalue weighted by molar-refractivity contribution is -0.120. The van der Waals surface area contributed by atoms with Gasteiger partial charge in [-0.1, -0.05) is 54.1 Å². The second-order valence-corrected chi connectivity index (χ2v) is 6.23. The zero-order chi connectivity index (χ0) is 14.9. The third-order valence-corrected chi connectivity index (χ3v) is 4.24. The molecule has 2 rings (SSSR count). The van der Waals surface area contributed by atoms with Gasteiger partial charge in [0.15, 0.2) is 0 Å². The monoisotopic (exact) mass is 319 g/mol. The lowest BCUT2D eigenvalue weighted by atomic mass is 10.1. The lowest BCUT2D eigenvalue weighted by Gasteiger charge is -2.06. The molecule has 2 nitrogen and oxygen atoms in total. The van der Waals surface area contributed by atoms with Crippen LogP contribution < -0.4 is 5.32 Å². The van der Waals surface area contributed by atoms with E-state index in [4.69, 9.17) is 11.6 Å². The maximum absolute atomic E-state index is 11.8. The lowest BCUT2D eigenvalue weighted by Crippen LogP contribution is -2.27. The van der Waals surface area contributed by atoms with Crippen molar-refractivity contribution in [1.82, 2.24) is 5.32 Å². The molecule has 0 saturated carbocycles. The normalized spacial score (nSPS) is 10.3. The molecule has 0 saturated heterocycles. The molecule has 2 aromatic rings. The van der Waals surface area contributed by atoms with Crippen LogP contribution >= 0.6 is 23.4 Å². The Kier molecular flexibility index (Phi) is 6.64. The van der Waals surface area contributed by atoms with Crippen LogP contribution in [0.1, 0.15) is 11.1 Å². The molecule has 0 bridgehead atoms. The summed E-state index contributed by atoms with van der Waals surface area (Å²) in [6.45, 7) is 0.698. The smallest absolute Gasteiger partial charge is 0.224 e. The summed E-state index contributed by atoms with van der Waals surface area (Å²) in [5.74, 6) is 1.95. The zero-order valence-corrected chi connectivity index (χ0v) is 13.3. The molecule has 0 aromatic heterocycles. The van der Waals surface area contributed by atoms with Crippen molar-refractivity contribution in [3.8, 4) is 0 Å². The molecule has 4 heteroatoms. The van der Waals surface area contributed by atoms with Crippen molar-refractivity contribution in [2.75, 3.05) is 12.3 Å². The van der Waals surface area contributed by atoms with Gasteiger partial charge in [-0.05, 0) is 23.3 Å². The van der Waals surface area contributed by atoms with Gasteiger partial charge in [-0.2, -0.15) is 11.8 Å². The first kappa shape index (κ1) is 15.9. The number of nitrogens with one attached hydrogen (secondary N) is 1. The Bertz CT molecular complexity index is 557. The van der Waals surface area contributed by atoms with E-state index in [1.807, 2.05) is 42.1 Å². The maximum atomic E-state index is 11.8. The molecular formula is C17H18ClNOS. The molecule has 0 heterocycles. The summed E-state index contributed by atoms with van der Waals surface area (Å²) >= 11 is 7.64. The van der Waals surface area contributed by atoms with E-state index in [9.17, 15) is 4.79 Å². The average molecular weight is 320 g/mol. The molecule has 0 spiro atoms. The zero-order valence-electron chi connectivity index (χ0n) is 11.7. The van der Waals surface area contributed by atoms with E-state index in [-0.39, 0.29) is 5.91 Å². The number of hydrogen-bond donors (Lipinski definition) is 1. The van der Waals surface area contributed by atoms with Gasteiger partial charge in [0, 0.05) is 23.1 Å². The summed E-state index contributed by atoms with van der Waals surface area (Å²) in [5, 5.41) is 3.63. The van der Waals surface area contributed by atoms with Crippen molar-refractivity contribution in [2.45, 2.75) is 12.2 Å². The first-order chi connectivity index (χ1) is 10.2. The van der Waals surface area contributed by atoms with Gasteiger partial charge in [0.25, 0.3) is 0 Å². The van der Waals surface area contributed by atoms with Crippen molar-refractivity contribution in [3.05, 3.63) is 70.7 Å².